The first-order chi connectivity index (χ1) is 27.3. The Labute approximate surface area is 341 Å². The summed E-state index contributed by atoms with van der Waals surface area (Å²) in [6.07, 6.45) is 2.33. The van der Waals surface area contributed by atoms with Crippen LogP contribution < -0.4 is 0 Å². The van der Waals surface area contributed by atoms with Gasteiger partial charge in [-0.15, -0.1) is 0 Å². The summed E-state index contributed by atoms with van der Waals surface area (Å²) < 4.78 is 72.2. The number of rotatable bonds is 1. The van der Waals surface area contributed by atoms with Gasteiger partial charge in [-0.25, -0.2) is 9.59 Å². The normalized spacial score (nSPS) is 51.0. The molecule has 0 radical (unpaired) electrons. The minimum absolute atomic E-state index is 0.307. The van der Waals surface area contributed by atoms with Crippen LogP contribution in [0.1, 0.15) is 114 Å². The molecule has 324 valence electrons. The van der Waals surface area contributed by atoms with Gasteiger partial charge in [-0.2, -0.15) is 0 Å². The van der Waals surface area contributed by atoms with Gasteiger partial charge in [0, 0.05) is 48.9 Å². The maximum absolute atomic E-state index is 14.7. The Morgan fingerprint density at radius 1 is 0.724 bits per heavy atom. The van der Waals surface area contributed by atoms with Crippen molar-refractivity contribution in [2.24, 2.45) is 22.7 Å². The number of fused-ring (bicyclic) bond motifs is 8. The van der Waals surface area contributed by atoms with Crippen LogP contribution in [-0.2, 0) is 66.2 Å². The molecule has 0 aliphatic carbocycles. The monoisotopic (exact) mass is 817 g/mol. The molecule has 6 saturated heterocycles. The Kier molecular flexibility index (Phi) is 11.1. The fourth-order valence-electron chi connectivity index (χ4n) is 10.5. The van der Waals surface area contributed by atoms with Crippen molar-refractivity contribution in [3.05, 3.63) is 24.3 Å². The molecule has 17 atom stereocenters. The largest absolute Gasteiger partial charge is 0.536 e. The molecular formula is C42H62BO15-. The number of hydrogen-bond donors (Lipinski definition) is 1. The van der Waals surface area contributed by atoms with Gasteiger partial charge >= 0.3 is 24.9 Å². The van der Waals surface area contributed by atoms with E-state index in [4.69, 9.17) is 51.8 Å². The van der Waals surface area contributed by atoms with E-state index in [9.17, 15) is 19.5 Å². The number of esters is 3. The first-order valence-electron chi connectivity index (χ1n) is 21.4. The van der Waals surface area contributed by atoms with Crippen LogP contribution in [0.3, 0.4) is 0 Å². The van der Waals surface area contributed by atoms with Crippen molar-refractivity contribution in [2.75, 3.05) is 0 Å². The number of aliphatic hydroxyl groups is 1. The third-order valence-corrected chi connectivity index (χ3v) is 14.5. The van der Waals surface area contributed by atoms with Crippen molar-refractivity contribution in [2.45, 2.75) is 199 Å². The molecule has 8 aliphatic heterocycles. The minimum Gasteiger partial charge on any atom is -0.504 e. The Balaban J connectivity index is 1.28. The number of ether oxygens (including phenoxy) is 7. The molecule has 8 rings (SSSR count). The number of carbonyl (C=O) groups is 3. The van der Waals surface area contributed by atoms with Crippen LogP contribution >= 0.6 is 0 Å². The van der Waals surface area contributed by atoms with Gasteiger partial charge in [-0.05, 0) is 46.0 Å². The summed E-state index contributed by atoms with van der Waals surface area (Å²) >= 11 is 0. The van der Waals surface area contributed by atoms with E-state index in [-0.39, 0.29) is 12.2 Å². The van der Waals surface area contributed by atoms with Crippen LogP contribution in [0.2, 0.25) is 0 Å². The van der Waals surface area contributed by atoms with Gasteiger partial charge in [0.1, 0.15) is 18.3 Å². The molecule has 0 aromatic rings. The van der Waals surface area contributed by atoms with Crippen LogP contribution in [0.5, 0.6) is 0 Å². The topological polar surface area (TPSA) is 173 Å². The molecule has 15 nitrogen and oxygen atoms in total. The second-order valence-corrected chi connectivity index (χ2v) is 19.2. The second-order valence-electron chi connectivity index (χ2n) is 19.2. The van der Waals surface area contributed by atoms with E-state index in [0.717, 1.165) is 0 Å². The fraction of sp³-hybridized carbons (Fsp3) is 0.833. The third-order valence-electron chi connectivity index (χ3n) is 14.5. The van der Waals surface area contributed by atoms with Crippen molar-refractivity contribution in [1.29, 1.82) is 0 Å². The van der Waals surface area contributed by atoms with E-state index in [1.807, 2.05) is 79.7 Å². The minimum atomic E-state index is -3.46. The van der Waals surface area contributed by atoms with Gasteiger partial charge in [0.2, 0.25) is 0 Å². The Hall–Kier alpha value is -2.41. The Morgan fingerprint density at radius 2 is 1.19 bits per heavy atom. The molecule has 3 spiro atoms. The van der Waals surface area contributed by atoms with Crippen LogP contribution in [0.15, 0.2) is 24.3 Å². The van der Waals surface area contributed by atoms with E-state index in [0.29, 0.717) is 51.4 Å². The van der Waals surface area contributed by atoms with Crippen LogP contribution in [0.4, 0.5) is 0 Å². The van der Waals surface area contributed by atoms with Gasteiger partial charge in [-0.1, -0.05) is 65.8 Å². The zero-order valence-electron chi connectivity index (χ0n) is 35.3. The summed E-state index contributed by atoms with van der Waals surface area (Å²) in [5.74, 6) is -6.61. The van der Waals surface area contributed by atoms with Crippen molar-refractivity contribution in [3.8, 4) is 0 Å². The predicted molar refractivity (Wildman–Crippen MR) is 204 cm³/mol. The van der Waals surface area contributed by atoms with Crippen molar-refractivity contribution in [3.63, 3.8) is 0 Å². The third kappa shape index (κ3) is 7.19. The van der Waals surface area contributed by atoms with Crippen molar-refractivity contribution in [1.82, 2.24) is 0 Å². The molecule has 0 aromatic carbocycles. The highest BCUT2D eigenvalue weighted by Crippen LogP contribution is 2.57. The molecule has 11 bridgehead atoms. The summed E-state index contributed by atoms with van der Waals surface area (Å²) in [6, 6.07) is 0. The van der Waals surface area contributed by atoms with Crippen LogP contribution in [0, 0.1) is 22.7 Å². The highest BCUT2D eigenvalue weighted by Gasteiger charge is 2.73. The smallest absolute Gasteiger partial charge is 0.504 e. The summed E-state index contributed by atoms with van der Waals surface area (Å²) in [7, 11) is 0. The molecule has 0 aromatic heterocycles. The summed E-state index contributed by atoms with van der Waals surface area (Å²) in [4.78, 5) is 42.0. The average molecular weight is 818 g/mol. The quantitative estimate of drug-likeness (QED) is 0.167. The maximum Gasteiger partial charge on any atom is 0.536 e. The summed E-state index contributed by atoms with van der Waals surface area (Å²) in [5, 5.41) is 11.7. The first-order valence-corrected chi connectivity index (χ1v) is 21.4. The van der Waals surface area contributed by atoms with Gasteiger partial charge in [0.15, 0.2) is 23.8 Å². The van der Waals surface area contributed by atoms with E-state index < -0.39 is 120 Å². The number of aliphatic hydroxyl groups excluding tert-OH is 1. The lowest BCUT2D eigenvalue weighted by atomic mass is 9.73. The molecule has 16 heteroatoms. The zero-order chi connectivity index (χ0) is 41.6. The lowest BCUT2D eigenvalue weighted by Gasteiger charge is -2.52. The van der Waals surface area contributed by atoms with E-state index in [1.54, 1.807) is 0 Å². The van der Waals surface area contributed by atoms with Crippen molar-refractivity contribution >= 4 is 24.9 Å². The number of hydrogen-bond acceptors (Lipinski definition) is 15. The maximum atomic E-state index is 14.7. The highest BCUT2D eigenvalue weighted by molar-refractivity contribution is 6.56. The van der Waals surface area contributed by atoms with Gasteiger partial charge in [-0.3, -0.25) is 4.79 Å². The molecule has 8 aliphatic rings. The first kappa shape index (κ1) is 42.3. The summed E-state index contributed by atoms with van der Waals surface area (Å²) in [6.45, 7) is 13.2. The van der Waals surface area contributed by atoms with Crippen molar-refractivity contribution < 1.29 is 71.3 Å². The Morgan fingerprint density at radius 3 is 1.67 bits per heavy atom. The second kappa shape index (κ2) is 15.2. The van der Waals surface area contributed by atoms with E-state index in [2.05, 4.69) is 0 Å². The SMILES string of the molecule is CC(=O)O[C@@H]1C/C=C\[C@H]2C[C@H](OC(=O)[C@@H]3O[B-]45O[C@H](C(=O)O[C@H]6C[C@H](/C=C\C[C@@H](O)C(C)(C)[C@@H]7CC[C@H](C)[C@@]3(O7)O4)O[C@@H]6C)[C@@]3(O[C@@H](CC[C@H]3C)C1(C)C)O5)[C@H](C)O2. The average Bonchev–Trinajstić information content (AvgIpc) is 3.87. The lowest BCUT2D eigenvalue weighted by molar-refractivity contribution is -0.311. The molecule has 1 unspecified atom stereocenters. The van der Waals surface area contributed by atoms with E-state index in [1.165, 1.54) is 6.92 Å². The molecule has 0 saturated carbocycles. The summed E-state index contributed by atoms with van der Waals surface area (Å²) in [5.41, 5.74) is -1.66. The Bertz CT molecular complexity index is 1670. The van der Waals surface area contributed by atoms with Gasteiger partial charge < -0.3 is 56.9 Å². The lowest BCUT2D eigenvalue weighted by Crippen LogP contribution is -2.61. The predicted octanol–water partition coefficient (Wildman–Crippen LogP) is 4.72. The molecule has 58 heavy (non-hydrogen) atoms. The number of carbonyl (C=O) groups excluding carboxylic acids is 3. The van der Waals surface area contributed by atoms with E-state index >= 15 is 0 Å². The highest BCUT2D eigenvalue weighted by atomic mass is 17.0. The standard InChI is InChI=1S/C42H62BO15/c1-22-16-18-33-39(6,7)31(45)14-10-12-27-20-29(24(3)48-27)51-38(47)36-42-23(2)17-19-34(54-42)40(8,9)32(50-26(5)44)15-11-13-28-21-30(25(4)49-28)52-37(46)35-41(22,53-33)57-43(55-35,56-36)58-42/h10-13,22-25,27-36,45H,14-21H2,1-9H3/q-1/b12-10-,13-11-/t22-,23+,24+,25-,27-,28-,29-,30-,31+,32+,33-,34-,35-,36+,41+,42-,43?/m0/s1. The molecular weight excluding hydrogens is 755 g/mol. The molecule has 6 fully saturated rings. The molecule has 0 amide bonds. The van der Waals surface area contributed by atoms with Crippen LogP contribution in [-0.4, -0.2) is 115 Å². The molecule has 8 heterocycles. The van der Waals surface area contributed by atoms with Gasteiger partial charge in [0.25, 0.3) is 0 Å². The fourth-order valence-corrected chi connectivity index (χ4v) is 10.5. The zero-order valence-corrected chi connectivity index (χ0v) is 35.3. The van der Waals surface area contributed by atoms with Crippen LogP contribution in [0.25, 0.3) is 0 Å². The molecule has 1 N–H and O–H groups in total. The van der Waals surface area contributed by atoms with Gasteiger partial charge in [0.05, 0.1) is 42.7 Å².